The van der Waals surface area contributed by atoms with Gasteiger partial charge in [0.15, 0.2) is 0 Å². The number of nitrogens with two attached hydrogens (primary N) is 1. The number of nitrogens with one attached hydrogen (secondary N) is 2. The Morgan fingerprint density at radius 1 is 1.34 bits per heavy atom. The molecule has 2 unspecified atom stereocenters. The maximum atomic E-state index is 13.8. The fourth-order valence-electron chi connectivity index (χ4n) is 3.78. The van der Waals surface area contributed by atoms with Crippen LogP contribution in [0, 0.1) is 11.8 Å². The summed E-state index contributed by atoms with van der Waals surface area (Å²) in [6, 6.07) is -0.125. The Kier molecular flexibility index (Phi) is 9.39. The van der Waals surface area contributed by atoms with E-state index in [-0.39, 0.29) is 35.1 Å². The molecule has 1 saturated heterocycles. The molecule has 1 aromatic heterocycles. The number of amides is 2. The van der Waals surface area contributed by atoms with E-state index in [1.54, 1.807) is 13.3 Å². The van der Waals surface area contributed by atoms with E-state index in [0.29, 0.717) is 56.4 Å². The minimum atomic E-state index is -0.336. The van der Waals surface area contributed by atoms with Crippen LogP contribution in [0.2, 0.25) is 0 Å². The summed E-state index contributed by atoms with van der Waals surface area (Å²) in [7, 11) is 1.67. The van der Waals surface area contributed by atoms with Crippen molar-refractivity contribution in [3.8, 4) is 0 Å². The number of anilines is 1. The van der Waals surface area contributed by atoms with Gasteiger partial charge in [-0.15, -0.1) is 0 Å². The van der Waals surface area contributed by atoms with Gasteiger partial charge in [0.2, 0.25) is 5.91 Å². The molecule has 1 aromatic rings. The second-order valence-corrected chi connectivity index (χ2v) is 9.98. The summed E-state index contributed by atoms with van der Waals surface area (Å²) >= 11 is 0. The predicted molar refractivity (Wildman–Crippen MR) is 126 cm³/mol. The van der Waals surface area contributed by atoms with Crippen LogP contribution in [-0.2, 0) is 14.9 Å². The van der Waals surface area contributed by atoms with E-state index in [0.717, 1.165) is 6.42 Å². The largest absolute Gasteiger partial charge is 0.385 e. The van der Waals surface area contributed by atoms with E-state index in [4.69, 9.17) is 15.5 Å². The molecular formula is C23H40N6O3. The van der Waals surface area contributed by atoms with Crippen molar-refractivity contribution in [3.05, 3.63) is 17.6 Å². The Hall–Kier alpha value is -2.26. The number of primary amides is 1. The molecule has 0 radical (unpaired) electrons. The van der Waals surface area contributed by atoms with Crippen LogP contribution in [-0.4, -0.2) is 72.6 Å². The Morgan fingerprint density at radius 2 is 2.06 bits per heavy atom. The van der Waals surface area contributed by atoms with Gasteiger partial charge >= 0.3 is 0 Å². The molecule has 180 valence electrons. The van der Waals surface area contributed by atoms with Crippen molar-refractivity contribution in [2.75, 3.05) is 45.2 Å². The molecule has 2 heterocycles. The number of hydrogen-bond donors (Lipinski definition) is 3. The molecule has 2 amide bonds. The average Bonchev–Trinajstić information content (AvgIpc) is 2.73. The van der Waals surface area contributed by atoms with E-state index < -0.39 is 0 Å². The van der Waals surface area contributed by atoms with Gasteiger partial charge in [-0.1, -0.05) is 34.6 Å². The number of methoxy groups -OCH3 is 1. The number of ether oxygens (including phenoxy) is 1. The Bertz CT molecular complexity index is 777. The third-order valence-electron chi connectivity index (χ3n) is 5.50. The first-order valence-corrected chi connectivity index (χ1v) is 11.5. The van der Waals surface area contributed by atoms with Gasteiger partial charge in [0.25, 0.3) is 5.91 Å². The van der Waals surface area contributed by atoms with Crippen molar-refractivity contribution in [1.82, 2.24) is 20.2 Å². The highest BCUT2D eigenvalue weighted by molar-refractivity contribution is 5.98. The van der Waals surface area contributed by atoms with E-state index >= 15 is 0 Å². The lowest BCUT2D eigenvalue weighted by Crippen LogP contribution is -2.54. The molecule has 4 N–H and O–H groups in total. The van der Waals surface area contributed by atoms with Crippen LogP contribution in [0.5, 0.6) is 0 Å². The van der Waals surface area contributed by atoms with Crippen molar-refractivity contribution in [2.24, 2.45) is 17.6 Å². The third-order valence-corrected chi connectivity index (χ3v) is 5.50. The number of piperidine rings is 1. The zero-order valence-electron chi connectivity index (χ0n) is 20.4. The monoisotopic (exact) mass is 448 g/mol. The standard InChI is InChI=1S/C23H40N6O3/c1-15(2)14-29(17-10-16(19(24)30)11-25-12-17)21(31)18-13-27-22(23(3,4)5)28-20(18)26-8-7-9-32-6/h13,15-17,25H,7-12,14H2,1-6H3,(H2,24,30)(H,26,27,28). The molecule has 1 aliphatic heterocycles. The first-order chi connectivity index (χ1) is 15.0. The fraction of sp³-hybridized carbons (Fsp3) is 0.739. The van der Waals surface area contributed by atoms with Gasteiger partial charge in [-0.25, -0.2) is 9.97 Å². The van der Waals surface area contributed by atoms with Crippen LogP contribution in [0.25, 0.3) is 0 Å². The quantitative estimate of drug-likeness (QED) is 0.466. The van der Waals surface area contributed by atoms with E-state index in [2.05, 4.69) is 29.5 Å². The van der Waals surface area contributed by atoms with Gasteiger partial charge in [0.05, 0.1) is 5.92 Å². The molecule has 9 nitrogen and oxygen atoms in total. The lowest BCUT2D eigenvalue weighted by Gasteiger charge is -2.38. The normalized spacial score (nSPS) is 19.1. The third kappa shape index (κ3) is 7.13. The van der Waals surface area contributed by atoms with Gasteiger partial charge in [0.1, 0.15) is 17.2 Å². The molecule has 0 saturated carbocycles. The molecule has 0 spiro atoms. The van der Waals surface area contributed by atoms with Gasteiger partial charge in [-0.2, -0.15) is 0 Å². The molecule has 9 heteroatoms. The molecule has 1 aliphatic rings. The minimum Gasteiger partial charge on any atom is -0.385 e. The number of hydrogen-bond acceptors (Lipinski definition) is 7. The molecule has 32 heavy (non-hydrogen) atoms. The SMILES string of the molecule is COCCCNc1nc(C(C)(C)C)ncc1C(=O)N(CC(C)C)C1CNCC(C(N)=O)C1. The zero-order valence-corrected chi connectivity index (χ0v) is 20.4. The van der Waals surface area contributed by atoms with Crippen molar-refractivity contribution in [2.45, 2.75) is 58.9 Å². The lowest BCUT2D eigenvalue weighted by molar-refractivity contribution is -0.122. The number of nitrogens with zero attached hydrogens (tertiary/aromatic N) is 3. The predicted octanol–water partition coefficient (Wildman–Crippen LogP) is 1.78. The first kappa shape index (κ1) is 26.0. The van der Waals surface area contributed by atoms with Crippen LogP contribution in [0.4, 0.5) is 5.82 Å². The van der Waals surface area contributed by atoms with Crippen LogP contribution < -0.4 is 16.4 Å². The molecular weight excluding hydrogens is 408 g/mol. The number of carbonyl (C=O) groups excluding carboxylic acids is 2. The summed E-state index contributed by atoms with van der Waals surface area (Å²) in [6.07, 6.45) is 2.98. The Labute approximate surface area is 191 Å². The lowest BCUT2D eigenvalue weighted by atomic mass is 9.93. The molecule has 2 atom stereocenters. The highest BCUT2D eigenvalue weighted by atomic mass is 16.5. The summed E-state index contributed by atoms with van der Waals surface area (Å²) in [5.41, 5.74) is 5.75. The van der Waals surface area contributed by atoms with Gasteiger partial charge in [-0.05, 0) is 18.8 Å². The van der Waals surface area contributed by atoms with Gasteiger partial charge in [-0.3, -0.25) is 9.59 Å². The van der Waals surface area contributed by atoms with E-state index in [1.807, 2.05) is 25.7 Å². The highest BCUT2D eigenvalue weighted by Gasteiger charge is 2.34. The van der Waals surface area contributed by atoms with Crippen LogP contribution in [0.3, 0.4) is 0 Å². The van der Waals surface area contributed by atoms with Crippen LogP contribution in [0.1, 0.15) is 63.6 Å². The highest BCUT2D eigenvalue weighted by Crippen LogP contribution is 2.25. The molecule has 0 bridgehead atoms. The molecule has 0 aliphatic carbocycles. The topological polar surface area (TPSA) is 122 Å². The summed E-state index contributed by atoms with van der Waals surface area (Å²) < 4.78 is 5.13. The zero-order chi connectivity index (χ0) is 23.9. The van der Waals surface area contributed by atoms with Crippen LogP contribution >= 0.6 is 0 Å². The summed E-state index contributed by atoms with van der Waals surface area (Å²) in [5.74, 6) is 0.716. The summed E-state index contributed by atoms with van der Waals surface area (Å²) in [6.45, 7) is 13.3. The first-order valence-electron chi connectivity index (χ1n) is 11.5. The van der Waals surface area contributed by atoms with E-state index in [9.17, 15) is 9.59 Å². The summed E-state index contributed by atoms with van der Waals surface area (Å²) in [4.78, 5) is 36.6. The van der Waals surface area contributed by atoms with E-state index in [1.165, 1.54) is 0 Å². The van der Waals surface area contributed by atoms with Gasteiger partial charge < -0.3 is 26.0 Å². The molecule has 0 aromatic carbocycles. The fourth-order valence-corrected chi connectivity index (χ4v) is 3.78. The average molecular weight is 449 g/mol. The van der Waals surface area contributed by atoms with Crippen LogP contribution in [0.15, 0.2) is 6.20 Å². The second kappa shape index (κ2) is 11.6. The van der Waals surface area contributed by atoms with Crippen molar-refractivity contribution >= 4 is 17.6 Å². The molecule has 1 fully saturated rings. The Balaban J connectivity index is 2.36. The van der Waals surface area contributed by atoms with Crippen molar-refractivity contribution < 1.29 is 14.3 Å². The number of rotatable bonds is 10. The van der Waals surface area contributed by atoms with Crippen molar-refractivity contribution in [1.29, 1.82) is 0 Å². The minimum absolute atomic E-state index is 0.125. The van der Waals surface area contributed by atoms with Crippen molar-refractivity contribution in [3.63, 3.8) is 0 Å². The maximum absolute atomic E-state index is 13.8. The van der Waals surface area contributed by atoms with Gasteiger partial charge in [0, 0.05) is 57.5 Å². The Morgan fingerprint density at radius 3 is 2.66 bits per heavy atom. The number of carbonyl (C=O) groups is 2. The second-order valence-electron chi connectivity index (χ2n) is 9.98. The maximum Gasteiger partial charge on any atom is 0.259 e. The number of aromatic nitrogens is 2. The summed E-state index contributed by atoms with van der Waals surface area (Å²) in [5, 5.41) is 6.57. The molecule has 2 rings (SSSR count). The smallest absolute Gasteiger partial charge is 0.259 e.